The molecule has 0 fully saturated rings. The predicted octanol–water partition coefficient (Wildman–Crippen LogP) is 2.62. The molecule has 3 heterocycles. The van der Waals surface area contributed by atoms with Crippen LogP contribution in [0.3, 0.4) is 0 Å². The zero-order valence-electron chi connectivity index (χ0n) is 18.1. The number of rotatable bonds is 6. The van der Waals surface area contributed by atoms with E-state index in [2.05, 4.69) is 25.0 Å². The number of halogens is 2. The third-order valence-corrected chi connectivity index (χ3v) is 6.46. The molecule has 0 saturated heterocycles. The van der Waals surface area contributed by atoms with Crippen LogP contribution in [0.25, 0.3) is 16.8 Å². The van der Waals surface area contributed by atoms with E-state index in [0.29, 0.717) is 5.52 Å². The van der Waals surface area contributed by atoms with Gasteiger partial charge in [-0.2, -0.15) is 5.26 Å². The number of aromatic nitrogens is 4. The van der Waals surface area contributed by atoms with Crippen LogP contribution in [0.4, 0.5) is 10.1 Å². The quantitative estimate of drug-likeness (QED) is 0.397. The van der Waals surface area contributed by atoms with Gasteiger partial charge < -0.3 is 14.5 Å². The Morgan fingerprint density at radius 1 is 1.26 bits per heavy atom. The maximum atomic E-state index is 14.9. The standard InChI is InChI=1S/C21H15ClFN7O4S/c1-25-20(31)19-16-8-26-15(9-30(16)10-28-19)18-12(6-24)14(4-3-13(18)23)29-35(32,33)17-5-11(22)7-27-21(17)34-2/h3-5,7-10,29H,1-2H3,(H,25,31). The molecule has 0 aliphatic heterocycles. The molecule has 0 aliphatic carbocycles. The fraction of sp³-hybridized carbons (Fsp3) is 0.0952. The first kappa shape index (κ1) is 23.9. The Bertz CT molecular complexity index is 1630. The third kappa shape index (κ3) is 4.32. The summed E-state index contributed by atoms with van der Waals surface area (Å²) in [5, 5.41) is 12.3. The van der Waals surface area contributed by atoms with Gasteiger partial charge in [0, 0.05) is 19.4 Å². The van der Waals surface area contributed by atoms with Crippen molar-refractivity contribution in [3.8, 4) is 23.2 Å². The summed E-state index contributed by atoms with van der Waals surface area (Å²) in [4.78, 5) is 23.6. The van der Waals surface area contributed by atoms with Gasteiger partial charge in [0.1, 0.15) is 18.2 Å². The first-order chi connectivity index (χ1) is 16.7. The maximum Gasteiger partial charge on any atom is 0.271 e. The molecular weight excluding hydrogens is 501 g/mol. The van der Waals surface area contributed by atoms with E-state index in [-0.39, 0.29) is 44.0 Å². The number of fused-ring (bicyclic) bond motifs is 1. The van der Waals surface area contributed by atoms with Crippen LogP contribution < -0.4 is 14.8 Å². The number of pyridine rings is 1. The van der Waals surface area contributed by atoms with E-state index in [4.69, 9.17) is 16.3 Å². The highest BCUT2D eigenvalue weighted by Gasteiger charge is 2.25. The van der Waals surface area contributed by atoms with Crippen molar-refractivity contribution in [2.75, 3.05) is 18.9 Å². The molecule has 0 spiro atoms. The number of carbonyl (C=O) groups is 1. The van der Waals surface area contributed by atoms with Crippen LogP contribution in [0.1, 0.15) is 16.1 Å². The number of methoxy groups -OCH3 is 1. The summed E-state index contributed by atoms with van der Waals surface area (Å²) < 4.78 is 49.7. The highest BCUT2D eigenvalue weighted by atomic mass is 35.5. The number of benzene rings is 1. The van der Waals surface area contributed by atoms with E-state index >= 15 is 0 Å². The highest BCUT2D eigenvalue weighted by molar-refractivity contribution is 7.92. The molecule has 3 aromatic heterocycles. The van der Waals surface area contributed by atoms with Crippen LogP contribution in [0.5, 0.6) is 5.88 Å². The molecule has 0 aliphatic rings. The van der Waals surface area contributed by atoms with Crippen LogP contribution >= 0.6 is 11.6 Å². The summed E-state index contributed by atoms with van der Waals surface area (Å²) in [6, 6.07) is 5.07. The number of nitrogens with one attached hydrogen (secondary N) is 2. The minimum atomic E-state index is -4.34. The van der Waals surface area contributed by atoms with Gasteiger partial charge in [0.2, 0.25) is 5.88 Å². The summed E-state index contributed by atoms with van der Waals surface area (Å²) in [6.45, 7) is 0. The Labute approximate surface area is 203 Å². The number of amides is 1. The number of imidazole rings is 1. The summed E-state index contributed by atoms with van der Waals surface area (Å²) >= 11 is 5.89. The van der Waals surface area contributed by atoms with E-state index in [1.54, 1.807) is 0 Å². The number of nitriles is 1. The van der Waals surface area contributed by atoms with Crippen molar-refractivity contribution in [3.63, 3.8) is 0 Å². The lowest BCUT2D eigenvalue weighted by Crippen LogP contribution is -2.18. The Kier molecular flexibility index (Phi) is 6.25. The van der Waals surface area contributed by atoms with Crippen LogP contribution in [-0.2, 0) is 10.0 Å². The van der Waals surface area contributed by atoms with Crippen molar-refractivity contribution < 1.29 is 22.3 Å². The Balaban J connectivity index is 1.83. The summed E-state index contributed by atoms with van der Waals surface area (Å²) in [5.74, 6) is -1.47. The van der Waals surface area contributed by atoms with Crippen molar-refractivity contribution in [2.45, 2.75) is 4.90 Å². The van der Waals surface area contributed by atoms with E-state index in [9.17, 15) is 22.9 Å². The monoisotopic (exact) mass is 515 g/mol. The number of hydrogen-bond donors (Lipinski definition) is 2. The Morgan fingerprint density at radius 3 is 2.71 bits per heavy atom. The van der Waals surface area contributed by atoms with Gasteiger partial charge in [-0.05, 0) is 18.2 Å². The molecule has 4 rings (SSSR count). The van der Waals surface area contributed by atoms with Gasteiger partial charge >= 0.3 is 0 Å². The van der Waals surface area contributed by atoms with Gasteiger partial charge in [-0.25, -0.2) is 22.8 Å². The molecule has 0 atom stereocenters. The topological polar surface area (TPSA) is 151 Å². The molecule has 35 heavy (non-hydrogen) atoms. The number of hydrogen-bond acceptors (Lipinski definition) is 8. The normalized spacial score (nSPS) is 11.2. The molecule has 0 saturated carbocycles. The molecule has 2 N–H and O–H groups in total. The van der Waals surface area contributed by atoms with Crippen molar-refractivity contribution >= 4 is 38.7 Å². The number of sulfonamides is 1. The molecule has 0 bridgehead atoms. The van der Waals surface area contributed by atoms with Gasteiger partial charge in [0.15, 0.2) is 10.6 Å². The zero-order valence-corrected chi connectivity index (χ0v) is 19.6. The maximum absolute atomic E-state index is 14.9. The SMILES string of the molecule is CNC(=O)c1ncn2cc(-c3c(F)ccc(NS(=O)(=O)c4cc(Cl)cnc4OC)c3C#N)ncc12. The van der Waals surface area contributed by atoms with Crippen LogP contribution in [0.2, 0.25) is 5.02 Å². The zero-order chi connectivity index (χ0) is 25.3. The second-order valence-corrected chi connectivity index (χ2v) is 9.05. The molecule has 11 nitrogen and oxygen atoms in total. The largest absolute Gasteiger partial charge is 0.480 e. The minimum Gasteiger partial charge on any atom is -0.480 e. The van der Waals surface area contributed by atoms with E-state index in [0.717, 1.165) is 18.2 Å². The number of anilines is 1. The van der Waals surface area contributed by atoms with E-state index in [1.165, 1.54) is 43.5 Å². The predicted molar refractivity (Wildman–Crippen MR) is 123 cm³/mol. The number of ether oxygens (including phenoxy) is 1. The molecule has 0 radical (unpaired) electrons. The highest BCUT2D eigenvalue weighted by Crippen LogP contribution is 2.33. The average Bonchev–Trinajstić information content (AvgIpc) is 3.27. The van der Waals surface area contributed by atoms with Gasteiger partial charge in [0.25, 0.3) is 15.9 Å². The van der Waals surface area contributed by atoms with Crippen LogP contribution in [0, 0.1) is 17.1 Å². The van der Waals surface area contributed by atoms with E-state index < -0.39 is 21.7 Å². The molecule has 178 valence electrons. The summed E-state index contributed by atoms with van der Waals surface area (Å²) in [7, 11) is -1.66. The van der Waals surface area contributed by atoms with Crippen molar-refractivity contribution in [1.29, 1.82) is 5.26 Å². The number of nitrogens with zero attached hydrogens (tertiary/aromatic N) is 5. The second kappa shape index (κ2) is 9.16. The van der Waals surface area contributed by atoms with Crippen LogP contribution in [0.15, 0.2) is 48.0 Å². The lowest BCUT2D eigenvalue weighted by Gasteiger charge is -2.14. The molecule has 14 heteroatoms. The Hall–Kier alpha value is -4.28. The lowest BCUT2D eigenvalue weighted by molar-refractivity contribution is 0.0960. The fourth-order valence-electron chi connectivity index (χ4n) is 3.30. The van der Waals surface area contributed by atoms with Crippen molar-refractivity contribution in [2.24, 2.45) is 0 Å². The van der Waals surface area contributed by atoms with Gasteiger partial charge in [-0.1, -0.05) is 11.6 Å². The molecular formula is C21H15ClFN7O4S. The van der Waals surface area contributed by atoms with Gasteiger partial charge in [-0.3, -0.25) is 14.5 Å². The summed E-state index contributed by atoms with van der Waals surface area (Å²) in [6.07, 6.45) is 5.21. The van der Waals surface area contributed by atoms with Crippen molar-refractivity contribution in [3.05, 3.63) is 65.2 Å². The van der Waals surface area contributed by atoms with Gasteiger partial charge in [0.05, 0.1) is 46.4 Å². The van der Waals surface area contributed by atoms with E-state index in [1.807, 2.05) is 6.07 Å². The van der Waals surface area contributed by atoms with Gasteiger partial charge in [-0.15, -0.1) is 0 Å². The lowest BCUT2D eigenvalue weighted by atomic mass is 10.0. The fourth-order valence-corrected chi connectivity index (χ4v) is 4.74. The molecule has 4 aromatic rings. The second-order valence-electron chi connectivity index (χ2n) is 6.96. The third-order valence-electron chi connectivity index (χ3n) is 4.90. The first-order valence-corrected chi connectivity index (χ1v) is 11.6. The molecule has 0 unspecified atom stereocenters. The smallest absolute Gasteiger partial charge is 0.271 e. The number of carbonyl (C=O) groups excluding carboxylic acids is 1. The first-order valence-electron chi connectivity index (χ1n) is 9.70. The summed E-state index contributed by atoms with van der Waals surface area (Å²) in [5.41, 5.74) is -0.301. The Morgan fingerprint density at radius 2 is 2.03 bits per heavy atom. The minimum absolute atomic E-state index is 0.00968. The van der Waals surface area contributed by atoms with Crippen molar-refractivity contribution in [1.82, 2.24) is 24.7 Å². The van der Waals surface area contributed by atoms with Crippen LogP contribution in [-0.4, -0.2) is 47.8 Å². The molecule has 1 amide bonds. The molecule has 1 aromatic carbocycles. The average molecular weight is 516 g/mol.